The second-order valence-corrected chi connectivity index (χ2v) is 8.87. The van der Waals surface area contributed by atoms with E-state index in [4.69, 9.17) is 16.3 Å². The summed E-state index contributed by atoms with van der Waals surface area (Å²) in [6.07, 6.45) is 0. The highest BCUT2D eigenvalue weighted by Gasteiger charge is 2.26. The van der Waals surface area contributed by atoms with Gasteiger partial charge in [-0.2, -0.15) is 0 Å². The number of piperazine rings is 1. The molecule has 3 heterocycles. The number of benzene rings is 1. The van der Waals surface area contributed by atoms with Crippen LogP contribution in [-0.2, 0) is 6.61 Å². The number of halogens is 1. The van der Waals surface area contributed by atoms with Crippen molar-refractivity contribution in [2.24, 2.45) is 0 Å². The van der Waals surface area contributed by atoms with E-state index in [-0.39, 0.29) is 11.8 Å². The summed E-state index contributed by atoms with van der Waals surface area (Å²) in [6.45, 7) is 2.54. The van der Waals surface area contributed by atoms with Crippen molar-refractivity contribution >= 4 is 46.1 Å². The molecule has 0 saturated carbocycles. The Bertz CT molecular complexity index is 995. The average molecular weight is 447 g/mol. The van der Waals surface area contributed by atoms with E-state index >= 15 is 0 Å². The number of carbonyl (C=O) groups excluding carboxylic acids is 2. The zero-order valence-corrected chi connectivity index (χ0v) is 17.9. The topological polar surface area (TPSA) is 49.9 Å². The molecule has 5 nitrogen and oxygen atoms in total. The van der Waals surface area contributed by atoms with Crippen molar-refractivity contribution in [3.05, 3.63) is 73.6 Å². The van der Waals surface area contributed by atoms with Gasteiger partial charge in [0.1, 0.15) is 12.4 Å². The van der Waals surface area contributed by atoms with Crippen molar-refractivity contribution in [1.29, 1.82) is 0 Å². The summed E-state index contributed by atoms with van der Waals surface area (Å²) < 4.78 is 5.74. The van der Waals surface area contributed by atoms with E-state index in [1.165, 1.54) is 22.7 Å². The maximum Gasteiger partial charge on any atom is 0.264 e. The fraction of sp³-hybridized carbons (Fsp3) is 0.238. The normalized spacial score (nSPS) is 14.1. The van der Waals surface area contributed by atoms with Crippen molar-refractivity contribution in [1.82, 2.24) is 9.80 Å². The van der Waals surface area contributed by atoms with E-state index in [2.05, 4.69) is 0 Å². The Kier molecular flexibility index (Phi) is 6.18. The average Bonchev–Trinajstić information content (AvgIpc) is 3.45. The molecular formula is C21H19ClN2O3S2. The Morgan fingerprint density at radius 3 is 2.28 bits per heavy atom. The fourth-order valence-electron chi connectivity index (χ4n) is 3.11. The van der Waals surface area contributed by atoms with Crippen LogP contribution in [0.15, 0.2) is 53.2 Å². The van der Waals surface area contributed by atoms with Gasteiger partial charge in [-0.1, -0.05) is 29.8 Å². The van der Waals surface area contributed by atoms with Crippen LogP contribution in [0, 0.1) is 0 Å². The minimum Gasteiger partial charge on any atom is -0.487 e. The Morgan fingerprint density at radius 1 is 0.931 bits per heavy atom. The zero-order valence-electron chi connectivity index (χ0n) is 15.5. The predicted octanol–water partition coefficient (Wildman–Crippen LogP) is 4.64. The lowest BCUT2D eigenvalue weighted by atomic mass is 10.2. The van der Waals surface area contributed by atoms with Gasteiger partial charge < -0.3 is 14.5 Å². The summed E-state index contributed by atoms with van der Waals surface area (Å²) in [5.41, 5.74) is 0.935. The molecule has 1 saturated heterocycles. The second kappa shape index (κ2) is 8.98. The largest absolute Gasteiger partial charge is 0.487 e. The van der Waals surface area contributed by atoms with Crippen LogP contribution in [0.25, 0.3) is 0 Å². The van der Waals surface area contributed by atoms with Crippen molar-refractivity contribution < 1.29 is 14.3 Å². The van der Waals surface area contributed by atoms with E-state index in [9.17, 15) is 9.59 Å². The summed E-state index contributed by atoms with van der Waals surface area (Å²) >= 11 is 8.96. The predicted molar refractivity (Wildman–Crippen MR) is 116 cm³/mol. The third kappa shape index (κ3) is 4.63. The van der Waals surface area contributed by atoms with E-state index in [1.54, 1.807) is 6.07 Å². The lowest BCUT2D eigenvalue weighted by molar-refractivity contribution is 0.0540. The van der Waals surface area contributed by atoms with Crippen LogP contribution in [0.5, 0.6) is 5.75 Å². The van der Waals surface area contributed by atoms with Gasteiger partial charge in [0, 0.05) is 31.7 Å². The molecule has 3 aromatic rings. The molecule has 1 aliphatic heterocycles. The molecule has 1 fully saturated rings. The van der Waals surface area contributed by atoms with E-state index in [1.807, 2.05) is 57.0 Å². The van der Waals surface area contributed by atoms with Crippen molar-refractivity contribution in [2.75, 3.05) is 26.2 Å². The van der Waals surface area contributed by atoms with Crippen molar-refractivity contribution in [3.8, 4) is 5.75 Å². The Hall–Kier alpha value is -2.35. The molecule has 0 bridgehead atoms. The first-order valence-corrected chi connectivity index (χ1v) is 11.3. The minimum absolute atomic E-state index is 0.00205. The molecule has 2 amide bonds. The van der Waals surface area contributed by atoms with Gasteiger partial charge in [0.05, 0.1) is 14.8 Å². The van der Waals surface area contributed by atoms with Crippen LogP contribution in [0.2, 0.25) is 5.02 Å². The molecule has 1 aliphatic rings. The molecule has 8 heteroatoms. The Morgan fingerprint density at radius 2 is 1.62 bits per heavy atom. The zero-order chi connectivity index (χ0) is 20.2. The van der Waals surface area contributed by atoms with Crippen LogP contribution in [0.1, 0.15) is 24.9 Å². The summed E-state index contributed by atoms with van der Waals surface area (Å²) in [7, 11) is 0. The summed E-state index contributed by atoms with van der Waals surface area (Å²) in [5.74, 6) is 0.671. The van der Waals surface area contributed by atoms with Crippen LogP contribution in [0.4, 0.5) is 0 Å². The maximum atomic E-state index is 12.8. The van der Waals surface area contributed by atoms with Gasteiger partial charge in [0.2, 0.25) is 0 Å². The monoisotopic (exact) mass is 446 g/mol. The number of hydrogen-bond donors (Lipinski definition) is 0. The number of carbonyl (C=O) groups is 2. The molecule has 0 N–H and O–H groups in total. The van der Waals surface area contributed by atoms with Gasteiger partial charge in [-0.3, -0.25) is 9.59 Å². The van der Waals surface area contributed by atoms with Gasteiger partial charge in [-0.05, 0) is 35.0 Å². The number of thiophene rings is 2. The number of amides is 2. The number of nitrogens with zero attached hydrogens (tertiary/aromatic N) is 2. The Balaban J connectivity index is 1.31. The maximum absolute atomic E-state index is 12.8. The molecule has 150 valence electrons. The molecule has 0 aliphatic carbocycles. The highest BCUT2D eigenvalue weighted by Crippen LogP contribution is 2.25. The van der Waals surface area contributed by atoms with Gasteiger partial charge in [0.25, 0.3) is 11.8 Å². The third-order valence-corrected chi connectivity index (χ3v) is 6.82. The Labute approximate surface area is 182 Å². The van der Waals surface area contributed by atoms with Crippen molar-refractivity contribution in [3.63, 3.8) is 0 Å². The lowest BCUT2D eigenvalue weighted by Gasteiger charge is -2.34. The molecule has 0 atom stereocenters. The van der Waals surface area contributed by atoms with Crippen LogP contribution < -0.4 is 4.74 Å². The minimum atomic E-state index is 0.00205. The highest BCUT2D eigenvalue weighted by atomic mass is 35.5. The number of para-hydroxylation sites is 1. The third-order valence-electron chi connectivity index (χ3n) is 4.68. The first-order chi connectivity index (χ1) is 14.1. The first-order valence-electron chi connectivity index (χ1n) is 9.18. The molecule has 29 heavy (non-hydrogen) atoms. The quantitative estimate of drug-likeness (QED) is 0.573. The van der Waals surface area contributed by atoms with Crippen molar-refractivity contribution in [2.45, 2.75) is 6.61 Å². The highest BCUT2D eigenvalue weighted by molar-refractivity contribution is 7.12. The van der Waals surface area contributed by atoms with Gasteiger partial charge in [-0.25, -0.2) is 0 Å². The van der Waals surface area contributed by atoms with E-state index < -0.39 is 0 Å². The summed E-state index contributed by atoms with van der Waals surface area (Å²) in [6, 6.07) is 12.9. The SMILES string of the molecule is O=C(c1cccs1)N1CCN(C(=O)c2cc(COc3ccccc3Cl)cs2)CC1. The molecule has 0 spiro atoms. The number of ether oxygens (including phenoxy) is 1. The molecule has 0 radical (unpaired) electrons. The smallest absolute Gasteiger partial charge is 0.264 e. The molecule has 1 aromatic carbocycles. The number of rotatable bonds is 5. The number of hydrogen-bond acceptors (Lipinski definition) is 5. The van der Waals surface area contributed by atoms with E-state index in [0.717, 1.165) is 10.4 Å². The van der Waals surface area contributed by atoms with Gasteiger partial charge in [-0.15, -0.1) is 22.7 Å². The van der Waals surface area contributed by atoms with Crippen LogP contribution in [-0.4, -0.2) is 47.8 Å². The molecular weight excluding hydrogens is 428 g/mol. The molecule has 0 unspecified atom stereocenters. The first kappa shape index (κ1) is 19.9. The van der Waals surface area contributed by atoms with Gasteiger partial charge >= 0.3 is 0 Å². The molecule has 4 rings (SSSR count). The van der Waals surface area contributed by atoms with E-state index in [0.29, 0.717) is 48.4 Å². The summed E-state index contributed by atoms with van der Waals surface area (Å²) in [5, 5.41) is 4.39. The standard InChI is InChI=1S/C21H19ClN2O3S2/c22-16-4-1-2-5-17(16)27-13-15-12-19(29-14-15)21(26)24-9-7-23(8-10-24)20(25)18-6-3-11-28-18/h1-6,11-12,14H,7-10,13H2. The second-order valence-electron chi connectivity index (χ2n) is 6.60. The van der Waals surface area contributed by atoms with Crippen LogP contribution in [0.3, 0.4) is 0 Å². The van der Waals surface area contributed by atoms with Gasteiger partial charge in [0.15, 0.2) is 0 Å². The molecule has 2 aromatic heterocycles. The lowest BCUT2D eigenvalue weighted by Crippen LogP contribution is -2.50. The fourth-order valence-corrected chi connectivity index (χ4v) is 4.86. The summed E-state index contributed by atoms with van der Waals surface area (Å²) in [4.78, 5) is 30.3. The van der Waals surface area contributed by atoms with Crippen LogP contribution >= 0.6 is 34.3 Å².